The number of carbonyl (C=O) groups is 4. The minimum Gasteiger partial charge on any atom is 0 e. The van der Waals surface area contributed by atoms with Crippen LogP contribution in [-0.2, 0) is 66.4 Å². The number of Topliss-reactive ketones (excluding diaryl/α,β-unsaturated/α-hetero) is 2. The van der Waals surface area contributed by atoms with Crippen molar-refractivity contribution in [2.45, 2.75) is 13.8 Å². The molecule has 0 saturated carbocycles. The van der Waals surface area contributed by atoms with Gasteiger partial charge in [-0.1, -0.05) is 0 Å². The monoisotopic (exact) mass is 456 g/mol. The molecule has 0 aliphatic heterocycles. The van der Waals surface area contributed by atoms with E-state index in [1.54, 1.807) is 0 Å². The van der Waals surface area contributed by atoms with Gasteiger partial charge in [-0.3, -0.25) is 9.59 Å². The minimum atomic E-state index is -1.63. The van der Waals surface area contributed by atoms with Gasteiger partial charge in [0.25, 0.3) is 0 Å². The number of halogens is 2. The van der Waals surface area contributed by atoms with Crippen molar-refractivity contribution in [1.29, 1.82) is 0 Å². The predicted molar refractivity (Wildman–Crippen MR) is 43.1 cm³/mol. The van der Waals surface area contributed by atoms with E-state index in [9.17, 15) is 29.4 Å². The molecule has 0 aromatic carbocycles. The maximum Gasteiger partial charge on any atom is 1.00 e. The molecule has 12 heteroatoms. The molecule has 0 aromatic heterocycles. The third-order valence-corrected chi connectivity index (χ3v) is 0.575. The van der Waals surface area contributed by atoms with Crippen LogP contribution in [0.15, 0.2) is 0 Å². The molecule has 0 bridgehead atoms. The minimum absolute atomic E-state index is 0. The molecule has 0 heterocycles. The van der Waals surface area contributed by atoms with Crippen LogP contribution in [0.1, 0.15) is 13.8 Å². The Bertz CT molecular complexity index is 205. The van der Waals surface area contributed by atoms with E-state index in [4.69, 9.17) is 0 Å². The second kappa shape index (κ2) is 26.9. The topological polar surface area (TPSA) is 114 Å². The summed E-state index contributed by atoms with van der Waals surface area (Å²) in [6, 6.07) is 0. The fourth-order valence-corrected chi connectivity index (χ4v) is 0. The van der Waals surface area contributed by atoms with Crippen LogP contribution in [0.4, 0.5) is 0 Å². The van der Waals surface area contributed by atoms with Crippen LogP contribution in [0.2, 0.25) is 0 Å². The summed E-state index contributed by atoms with van der Waals surface area (Å²) in [5.74, 6) is -5.13. The van der Waals surface area contributed by atoms with Crippen LogP contribution < -0.4 is 39.8 Å². The Labute approximate surface area is 162 Å². The zero-order chi connectivity index (χ0) is 13.0. The van der Waals surface area contributed by atoms with Crippen molar-refractivity contribution in [3.8, 4) is 0 Å². The number of ketones is 2. The normalized spacial score (nSPS) is 6.22. The zero-order valence-corrected chi connectivity index (χ0v) is 15.4. The van der Waals surface area contributed by atoms with E-state index in [0.29, 0.717) is 0 Å². The van der Waals surface area contributed by atoms with Crippen LogP contribution >= 0.6 is 20.2 Å². The molecule has 0 fully saturated rings. The van der Waals surface area contributed by atoms with Gasteiger partial charge in [-0.05, 0) is 0 Å². The molecule has 0 N–H and O–H groups in total. The SMILES string of the molecule is CC(=O)C(=O)[O-].CC(=O)C(=O)[O-].[Cl][Cu][Cl].[Cu+].[Cu].[Na+]. The molecule has 0 aliphatic rings. The molecule has 0 aromatic rings. The smallest absolute Gasteiger partial charge is 0 e. The van der Waals surface area contributed by atoms with Crippen LogP contribution in [0.3, 0.4) is 0 Å². The summed E-state index contributed by atoms with van der Waals surface area (Å²) in [5.41, 5.74) is 0. The molecule has 6 nitrogen and oxygen atoms in total. The Hall–Kier alpha value is 1.42. The second-order valence-corrected chi connectivity index (χ2v) is 3.29. The van der Waals surface area contributed by atoms with Crippen molar-refractivity contribution in [2.24, 2.45) is 0 Å². The van der Waals surface area contributed by atoms with E-state index in [-0.39, 0.29) is 63.7 Å². The summed E-state index contributed by atoms with van der Waals surface area (Å²) in [6.07, 6.45) is 0. The average Bonchev–Trinajstić information content (AvgIpc) is 2.06. The van der Waals surface area contributed by atoms with Crippen LogP contribution in [0, 0.1) is 0 Å². The fraction of sp³-hybridized carbons (Fsp3) is 0.333. The van der Waals surface area contributed by atoms with Gasteiger partial charge in [0.05, 0.1) is 0 Å². The van der Waals surface area contributed by atoms with Gasteiger partial charge in [0.1, 0.15) is 11.9 Å². The second-order valence-electron chi connectivity index (χ2n) is 1.73. The van der Waals surface area contributed by atoms with E-state index in [1.807, 2.05) is 0 Å². The molecule has 0 aliphatic carbocycles. The molecule has 18 heavy (non-hydrogen) atoms. The standard InChI is InChI=1S/2C3H4O3.2ClH.3Cu.Na/c2*1-2(4)3(5)6;;;;;;/h2*1H3,(H,5,6);2*1H;;;;/q;;;;;+1;+2;+1/p-4. The molecular weight excluding hydrogens is 453 g/mol. The van der Waals surface area contributed by atoms with Gasteiger partial charge in [0.15, 0.2) is 11.6 Å². The van der Waals surface area contributed by atoms with Crippen molar-refractivity contribution < 1.29 is 106 Å². The molecule has 1 radical (unpaired) electrons. The van der Waals surface area contributed by atoms with Gasteiger partial charge in [-0.2, -0.15) is 0 Å². The van der Waals surface area contributed by atoms with Gasteiger partial charge in [-0.15, -0.1) is 0 Å². The number of hydrogen-bond donors (Lipinski definition) is 0. The molecule has 0 atom stereocenters. The number of rotatable bonds is 2. The summed E-state index contributed by atoms with van der Waals surface area (Å²) in [5, 5.41) is 18.5. The van der Waals surface area contributed by atoms with E-state index in [2.05, 4.69) is 20.2 Å². The predicted octanol–water partition coefficient (Wildman–Crippen LogP) is -4.97. The molecule has 0 unspecified atom stereocenters. The van der Waals surface area contributed by atoms with Gasteiger partial charge in [0.2, 0.25) is 0 Å². The number of carbonyl (C=O) groups excluding carboxylic acids is 4. The van der Waals surface area contributed by atoms with Crippen molar-refractivity contribution in [3.63, 3.8) is 0 Å². The zero-order valence-electron chi connectivity index (χ0n) is 9.11. The number of carboxylic acids is 2. The van der Waals surface area contributed by atoms with E-state index in [0.717, 1.165) is 27.0 Å². The Morgan fingerprint density at radius 3 is 0.944 bits per heavy atom. The molecular formula is C6H6Cl2Cu3NaO6. The number of carboxylic acid groups (broad SMARTS) is 2. The van der Waals surface area contributed by atoms with Gasteiger partial charge >= 0.3 is 80.0 Å². The quantitative estimate of drug-likeness (QED) is 0.302. The van der Waals surface area contributed by atoms with E-state index < -0.39 is 23.5 Å². The first-order valence-corrected chi connectivity index (χ1v) is 5.54. The number of aliphatic carboxylic acids is 2. The van der Waals surface area contributed by atoms with Crippen LogP contribution in [0.5, 0.6) is 0 Å². The van der Waals surface area contributed by atoms with Crippen molar-refractivity contribution in [3.05, 3.63) is 0 Å². The molecule has 0 rings (SSSR count). The Balaban J connectivity index is -0.0000000290. The fourth-order valence-electron chi connectivity index (χ4n) is 0. The van der Waals surface area contributed by atoms with Gasteiger partial charge < -0.3 is 19.8 Å². The third kappa shape index (κ3) is 52.9. The summed E-state index contributed by atoms with van der Waals surface area (Å²) in [7, 11) is 9.34. The van der Waals surface area contributed by atoms with E-state index >= 15 is 0 Å². The van der Waals surface area contributed by atoms with Gasteiger partial charge in [0, 0.05) is 30.9 Å². The first kappa shape index (κ1) is 36.6. The molecule has 0 saturated heterocycles. The summed E-state index contributed by atoms with van der Waals surface area (Å²) < 4.78 is 0. The third-order valence-electron chi connectivity index (χ3n) is 0.575. The Kier molecular flexibility index (Phi) is 54.6. The molecule has 0 spiro atoms. The van der Waals surface area contributed by atoms with Crippen molar-refractivity contribution in [1.82, 2.24) is 0 Å². The Morgan fingerprint density at radius 1 is 0.889 bits per heavy atom. The summed E-state index contributed by atoms with van der Waals surface area (Å²) in [4.78, 5) is 37.4. The van der Waals surface area contributed by atoms with Crippen LogP contribution in [0.25, 0.3) is 0 Å². The van der Waals surface area contributed by atoms with Crippen LogP contribution in [-0.4, -0.2) is 23.5 Å². The maximum absolute atomic E-state index is 9.48. The summed E-state index contributed by atoms with van der Waals surface area (Å²) >= 11 is 0.757. The molecule has 0 amide bonds. The first-order valence-electron chi connectivity index (χ1n) is 2.95. The largest absolute Gasteiger partial charge is 1.00 e. The summed E-state index contributed by atoms with van der Waals surface area (Å²) in [6.45, 7) is 1.88. The van der Waals surface area contributed by atoms with Gasteiger partial charge in [-0.25, -0.2) is 0 Å². The van der Waals surface area contributed by atoms with Crippen molar-refractivity contribution in [2.75, 3.05) is 0 Å². The maximum atomic E-state index is 9.48. The first-order chi connectivity index (χ1) is 6.70. The van der Waals surface area contributed by atoms with E-state index in [1.165, 1.54) is 0 Å². The Morgan fingerprint density at radius 2 is 0.944 bits per heavy atom. The van der Waals surface area contributed by atoms with Crippen molar-refractivity contribution >= 4 is 43.7 Å². The molecule has 114 valence electrons. The average molecular weight is 459 g/mol. The number of hydrogen-bond acceptors (Lipinski definition) is 6.